The fourth-order valence-corrected chi connectivity index (χ4v) is 2.05. The summed E-state index contributed by atoms with van der Waals surface area (Å²) in [5.41, 5.74) is 1.82. The lowest BCUT2D eigenvalue weighted by Crippen LogP contribution is -2.18. The van der Waals surface area contributed by atoms with Crippen molar-refractivity contribution in [3.8, 4) is 0 Å². The molecule has 2 aromatic rings. The van der Waals surface area contributed by atoms with E-state index in [0.29, 0.717) is 24.7 Å². The third-order valence-corrected chi connectivity index (χ3v) is 3.00. The molecule has 0 atom stereocenters. The van der Waals surface area contributed by atoms with Crippen LogP contribution < -0.4 is 10.9 Å². The summed E-state index contributed by atoms with van der Waals surface area (Å²) in [5, 5.41) is 3.09. The standard InChI is InChI=1S/C14H14N4O/c1-10-7-13(19)18-9-12(17-14(18)16-10)15-8-11-5-3-2-4-6-11/h2-7H,8-9H2,1H3,(H,15,16,17). The zero-order valence-corrected chi connectivity index (χ0v) is 10.6. The summed E-state index contributed by atoms with van der Waals surface area (Å²) in [7, 11) is 0. The van der Waals surface area contributed by atoms with Gasteiger partial charge in [0.2, 0.25) is 5.95 Å². The van der Waals surface area contributed by atoms with Crippen molar-refractivity contribution in [2.75, 3.05) is 5.32 Å². The molecular weight excluding hydrogens is 240 g/mol. The van der Waals surface area contributed by atoms with Gasteiger partial charge in [-0.2, -0.15) is 0 Å². The number of hydrogen-bond acceptors (Lipinski definition) is 3. The van der Waals surface area contributed by atoms with E-state index in [1.54, 1.807) is 4.57 Å². The molecule has 1 aliphatic rings. The quantitative estimate of drug-likeness (QED) is 0.885. The molecule has 0 fully saturated rings. The molecule has 1 aromatic carbocycles. The molecule has 0 aliphatic carbocycles. The summed E-state index contributed by atoms with van der Waals surface area (Å²) >= 11 is 0. The minimum atomic E-state index is -0.0417. The highest BCUT2D eigenvalue weighted by molar-refractivity contribution is 5.97. The topological polar surface area (TPSA) is 59.3 Å². The summed E-state index contributed by atoms with van der Waals surface area (Å²) in [6, 6.07) is 11.5. The lowest BCUT2D eigenvalue weighted by Gasteiger charge is -1.99. The van der Waals surface area contributed by atoms with Gasteiger partial charge < -0.3 is 5.32 Å². The van der Waals surface area contributed by atoms with Crippen molar-refractivity contribution < 1.29 is 0 Å². The van der Waals surface area contributed by atoms with Crippen molar-refractivity contribution in [2.24, 2.45) is 4.99 Å². The Hall–Kier alpha value is -2.43. The molecule has 0 amide bonds. The minimum Gasteiger partial charge on any atom is -0.312 e. The van der Waals surface area contributed by atoms with E-state index < -0.39 is 0 Å². The number of aliphatic imine (C=N–C) groups is 1. The molecule has 0 radical (unpaired) electrons. The summed E-state index contributed by atoms with van der Waals surface area (Å²) < 4.78 is 1.59. The Bertz CT molecular complexity index is 688. The second-order valence-electron chi connectivity index (χ2n) is 4.52. The smallest absolute Gasteiger partial charge is 0.255 e. The van der Waals surface area contributed by atoms with E-state index in [1.807, 2.05) is 37.3 Å². The maximum absolute atomic E-state index is 11.8. The summed E-state index contributed by atoms with van der Waals surface area (Å²) in [6.07, 6.45) is 0. The maximum Gasteiger partial charge on any atom is 0.255 e. The first-order valence-corrected chi connectivity index (χ1v) is 6.15. The zero-order valence-electron chi connectivity index (χ0n) is 10.6. The van der Waals surface area contributed by atoms with E-state index in [2.05, 4.69) is 15.3 Å². The van der Waals surface area contributed by atoms with Gasteiger partial charge in [0.05, 0.1) is 13.1 Å². The number of aromatic nitrogens is 2. The molecule has 5 nitrogen and oxygen atoms in total. The lowest BCUT2D eigenvalue weighted by atomic mass is 10.2. The number of hydrogen-bond donors (Lipinski definition) is 1. The van der Waals surface area contributed by atoms with Crippen molar-refractivity contribution in [2.45, 2.75) is 20.0 Å². The summed E-state index contributed by atoms with van der Waals surface area (Å²) in [5.74, 6) is 1.36. The van der Waals surface area contributed by atoms with Crippen LogP contribution in [0.1, 0.15) is 11.3 Å². The SMILES string of the molecule is Cc1cc(=O)n2c(n1)NC(=NCc1ccccc1)C2. The van der Waals surface area contributed by atoms with Crippen LogP contribution in [0.5, 0.6) is 0 Å². The number of fused-ring (bicyclic) bond motifs is 1. The van der Waals surface area contributed by atoms with Crippen LogP contribution in [0, 0.1) is 6.92 Å². The molecular formula is C14H14N4O. The largest absolute Gasteiger partial charge is 0.312 e. The number of benzene rings is 1. The van der Waals surface area contributed by atoms with Gasteiger partial charge in [0.25, 0.3) is 5.56 Å². The summed E-state index contributed by atoms with van der Waals surface area (Å²) in [4.78, 5) is 20.6. The van der Waals surface area contributed by atoms with Crippen LogP contribution in [0.3, 0.4) is 0 Å². The Morgan fingerprint density at radius 3 is 2.95 bits per heavy atom. The van der Waals surface area contributed by atoms with Gasteiger partial charge >= 0.3 is 0 Å². The second-order valence-corrected chi connectivity index (χ2v) is 4.52. The van der Waals surface area contributed by atoms with E-state index in [0.717, 1.165) is 11.4 Å². The molecule has 1 aliphatic heterocycles. The van der Waals surface area contributed by atoms with Crippen molar-refractivity contribution in [3.05, 3.63) is 58.0 Å². The highest BCUT2D eigenvalue weighted by Gasteiger charge is 2.18. The van der Waals surface area contributed by atoms with Crippen LogP contribution >= 0.6 is 0 Å². The average Bonchev–Trinajstić information content (AvgIpc) is 2.81. The van der Waals surface area contributed by atoms with Gasteiger partial charge in [0.1, 0.15) is 5.84 Å². The van der Waals surface area contributed by atoms with Gasteiger partial charge in [-0.1, -0.05) is 30.3 Å². The fourth-order valence-electron chi connectivity index (χ4n) is 2.05. The zero-order chi connectivity index (χ0) is 13.2. The van der Waals surface area contributed by atoms with E-state index in [9.17, 15) is 4.79 Å². The van der Waals surface area contributed by atoms with E-state index in [-0.39, 0.29) is 5.56 Å². The highest BCUT2D eigenvalue weighted by Crippen LogP contribution is 2.11. The number of nitrogens with zero attached hydrogens (tertiary/aromatic N) is 3. The van der Waals surface area contributed by atoms with E-state index in [1.165, 1.54) is 6.07 Å². The Kier molecular flexibility index (Phi) is 2.87. The molecule has 0 spiro atoms. The molecule has 0 unspecified atom stereocenters. The Morgan fingerprint density at radius 1 is 1.37 bits per heavy atom. The first-order chi connectivity index (χ1) is 9.22. The molecule has 5 heteroatoms. The van der Waals surface area contributed by atoms with Gasteiger partial charge in [-0.15, -0.1) is 0 Å². The van der Waals surface area contributed by atoms with Crippen LogP contribution in [0.2, 0.25) is 0 Å². The predicted molar refractivity (Wildman–Crippen MR) is 74.4 cm³/mol. The normalized spacial score (nSPS) is 15.3. The number of anilines is 1. The summed E-state index contributed by atoms with van der Waals surface area (Å²) in [6.45, 7) is 2.88. The van der Waals surface area contributed by atoms with Gasteiger partial charge in [-0.3, -0.25) is 14.4 Å². The van der Waals surface area contributed by atoms with E-state index >= 15 is 0 Å². The maximum atomic E-state index is 11.8. The number of aryl methyl sites for hydroxylation is 1. The monoisotopic (exact) mass is 254 g/mol. The van der Waals surface area contributed by atoms with Gasteiger partial charge in [-0.25, -0.2) is 4.98 Å². The molecule has 0 saturated carbocycles. The Balaban J connectivity index is 1.80. The van der Waals surface area contributed by atoms with Crippen LogP contribution in [0.25, 0.3) is 0 Å². The minimum absolute atomic E-state index is 0.0417. The molecule has 3 rings (SSSR count). The molecule has 0 saturated heterocycles. The van der Waals surface area contributed by atoms with Gasteiger partial charge in [-0.05, 0) is 12.5 Å². The second kappa shape index (κ2) is 4.68. The van der Waals surface area contributed by atoms with Crippen LogP contribution in [0.15, 0.2) is 46.2 Å². The third kappa shape index (κ3) is 2.40. The van der Waals surface area contributed by atoms with E-state index in [4.69, 9.17) is 0 Å². The average molecular weight is 254 g/mol. The van der Waals surface area contributed by atoms with Crippen molar-refractivity contribution in [3.63, 3.8) is 0 Å². The van der Waals surface area contributed by atoms with Crippen molar-refractivity contribution in [1.82, 2.24) is 9.55 Å². The molecule has 96 valence electrons. The van der Waals surface area contributed by atoms with Crippen molar-refractivity contribution >= 4 is 11.8 Å². The van der Waals surface area contributed by atoms with Crippen molar-refractivity contribution in [1.29, 1.82) is 0 Å². The Labute approximate surface area is 110 Å². The molecule has 19 heavy (non-hydrogen) atoms. The number of rotatable bonds is 2. The third-order valence-electron chi connectivity index (χ3n) is 3.00. The molecule has 2 heterocycles. The molecule has 1 N–H and O–H groups in total. The first kappa shape index (κ1) is 11.6. The number of nitrogens with one attached hydrogen (secondary N) is 1. The van der Waals surface area contributed by atoms with Gasteiger partial charge in [0, 0.05) is 11.8 Å². The van der Waals surface area contributed by atoms with Gasteiger partial charge in [0.15, 0.2) is 0 Å². The van der Waals surface area contributed by atoms with Crippen LogP contribution in [-0.4, -0.2) is 15.4 Å². The lowest BCUT2D eigenvalue weighted by molar-refractivity contribution is 0.816. The van der Waals surface area contributed by atoms with Crippen LogP contribution in [-0.2, 0) is 13.1 Å². The highest BCUT2D eigenvalue weighted by atomic mass is 16.1. The van der Waals surface area contributed by atoms with Crippen LogP contribution in [0.4, 0.5) is 5.95 Å². The Morgan fingerprint density at radius 2 is 2.16 bits per heavy atom. The number of amidine groups is 1. The predicted octanol–water partition coefficient (Wildman–Crippen LogP) is 1.58. The first-order valence-electron chi connectivity index (χ1n) is 6.15. The fraction of sp³-hybridized carbons (Fsp3) is 0.214. The molecule has 0 bridgehead atoms. The molecule has 1 aromatic heterocycles.